The molecule has 1 aromatic rings. The summed E-state index contributed by atoms with van der Waals surface area (Å²) in [5.41, 5.74) is 0.856. The van der Waals surface area contributed by atoms with Gasteiger partial charge in [-0.15, -0.1) is 0 Å². The minimum atomic E-state index is -0.0115. The molecule has 0 bridgehead atoms. The van der Waals surface area contributed by atoms with E-state index in [-0.39, 0.29) is 11.5 Å². The first kappa shape index (κ1) is 16.3. The van der Waals surface area contributed by atoms with Crippen molar-refractivity contribution in [3.8, 4) is 11.5 Å². The third-order valence-corrected chi connectivity index (χ3v) is 4.21. The summed E-state index contributed by atoms with van der Waals surface area (Å²) >= 11 is 4.92. The first-order chi connectivity index (χ1) is 8.61. The van der Waals surface area contributed by atoms with Crippen LogP contribution in [0.25, 0.3) is 0 Å². The van der Waals surface area contributed by atoms with Crippen molar-refractivity contribution in [1.29, 1.82) is 0 Å². The highest BCUT2D eigenvalue weighted by Crippen LogP contribution is 2.29. The monoisotopic (exact) mass is 474 g/mol. The van der Waals surface area contributed by atoms with Crippen LogP contribution in [0.15, 0.2) is 18.2 Å². The molecule has 18 heavy (non-hydrogen) atoms. The topological polar surface area (TPSA) is 40.5 Å². The highest BCUT2D eigenvalue weighted by atomic mass is 127. The number of rotatable bonds is 8. The third-order valence-electron chi connectivity index (χ3n) is 2.97. The van der Waals surface area contributed by atoms with Gasteiger partial charge in [-0.25, -0.2) is 0 Å². The molecule has 0 saturated carbocycles. The van der Waals surface area contributed by atoms with Crippen molar-refractivity contribution in [2.45, 2.75) is 46.9 Å². The predicted molar refractivity (Wildman–Crippen MR) is 93.0 cm³/mol. The second-order valence-electron chi connectivity index (χ2n) is 4.48. The molecule has 0 heterocycles. The van der Waals surface area contributed by atoms with Crippen LogP contribution in [0.4, 0.5) is 0 Å². The van der Waals surface area contributed by atoms with E-state index < -0.39 is 0 Å². The zero-order valence-corrected chi connectivity index (χ0v) is 14.7. The second kappa shape index (κ2) is 9.23. The van der Waals surface area contributed by atoms with Crippen molar-refractivity contribution < 1.29 is 10.2 Å². The van der Waals surface area contributed by atoms with Crippen molar-refractivity contribution in [2.75, 3.05) is 0 Å². The molecule has 0 atom stereocenters. The van der Waals surface area contributed by atoms with Gasteiger partial charge in [-0.2, -0.15) is 0 Å². The molecule has 0 aromatic heterocycles. The maximum Gasteiger partial charge on any atom is 0.160 e. The number of para-hydroxylation sites is 1. The number of benzene rings is 1. The number of aryl methyl sites for hydroxylation is 1. The Morgan fingerprint density at radius 1 is 0.944 bits per heavy atom. The molecule has 1 rings (SSSR count). The zero-order valence-electron chi connectivity index (χ0n) is 10.4. The lowest BCUT2D eigenvalue weighted by Crippen LogP contribution is -1.89. The van der Waals surface area contributed by atoms with E-state index >= 15 is 0 Å². The van der Waals surface area contributed by atoms with Gasteiger partial charge in [-0.1, -0.05) is 83.0 Å². The lowest BCUT2D eigenvalue weighted by molar-refractivity contribution is 0.398. The number of hydrogen-bond donors (Lipinski definition) is 2. The number of halogens is 2. The van der Waals surface area contributed by atoms with Gasteiger partial charge in [0.1, 0.15) is 0 Å². The number of phenols is 2. The molecule has 102 valence electrons. The number of unbranched alkanes of at least 4 members (excludes halogenated alkanes) is 4. The van der Waals surface area contributed by atoms with Gasteiger partial charge in [0.15, 0.2) is 11.5 Å². The zero-order chi connectivity index (χ0) is 13.4. The van der Waals surface area contributed by atoms with Crippen LogP contribution < -0.4 is 0 Å². The summed E-state index contributed by atoms with van der Waals surface area (Å²) in [4.78, 5) is 0. The van der Waals surface area contributed by atoms with Gasteiger partial charge in [-0.05, 0) is 30.9 Å². The van der Waals surface area contributed by atoms with Crippen LogP contribution in [-0.4, -0.2) is 12.1 Å². The number of hydrogen-bond acceptors (Lipinski definition) is 2. The Balaban J connectivity index is 2.13. The first-order valence-electron chi connectivity index (χ1n) is 6.39. The van der Waals surface area contributed by atoms with Crippen LogP contribution in [0.1, 0.15) is 44.1 Å². The summed E-state index contributed by atoms with van der Waals surface area (Å²) < 4.78 is 0.754. The van der Waals surface area contributed by atoms with E-state index in [0.717, 1.165) is 20.3 Å². The Hall–Kier alpha value is 0.280. The van der Waals surface area contributed by atoms with Crippen molar-refractivity contribution in [3.63, 3.8) is 0 Å². The molecular formula is C14H20I2O2. The average Bonchev–Trinajstić information content (AvgIpc) is 2.32. The van der Waals surface area contributed by atoms with E-state index in [1.54, 1.807) is 6.07 Å². The summed E-state index contributed by atoms with van der Waals surface area (Å²) in [6.45, 7) is 0. The number of phenolic OH excluding ortho intramolecular Hbond substituents is 2. The normalized spacial score (nSPS) is 11.1. The Kier molecular flexibility index (Phi) is 8.37. The Bertz CT molecular complexity index is 354. The quantitative estimate of drug-likeness (QED) is 0.236. The predicted octanol–water partition coefficient (Wildman–Crippen LogP) is 5.18. The molecule has 0 aliphatic carbocycles. The van der Waals surface area contributed by atoms with Gasteiger partial charge in [0.05, 0.1) is 1.93 Å². The Labute approximate surface area is 136 Å². The van der Waals surface area contributed by atoms with Gasteiger partial charge in [-0.3, -0.25) is 0 Å². The first-order valence-corrected chi connectivity index (χ1v) is 8.88. The Morgan fingerprint density at radius 3 is 2.33 bits per heavy atom. The highest BCUT2D eigenvalue weighted by molar-refractivity contribution is 14.2. The molecule has 2 nitrogen and oxygen atoms in total. The molecule has 0 spiro atoms. The number of aromatic hydroxyl groups is 2. The van der Waals surface area contributed by atoms with E-state index in [1.807, 2.05) is 6.07 Å². The van der Waals surface area contributed by atoms with Gasteiger partial charge in [0, 0.05) is 0 Å². The molecule has 2 N–H and O–H groups in total. The maximum atomic E-state index is 9.65. The highest BCUT2D eigenvalue weighted by Gasteiger charge is 2.05. The summed E-state index contributed by atoms with van der Waals surface area (Å²) in [6, 6.07) is 5.18. The molecule has 1 aromatic carbocycles. The fraction of sp³-hybridized carbons (Fsp3) is 0.571. The van der Waals surface area contributed by atoms with E-state index in [9.17, 15) is 10.2 Å². The molecule has 0 aliphatic rings. The maximum absolute atomic E-state index is 9.65. The van der Waals surface area contributed by atoms with Crippen molar-refractivity contribution in [2.24, 2.45) is 0 Å². The standard InChI is InChI=1S/C14H20I2O2/c15-13(16)10-5-3-1-2-4-7-11-8-6-9-12(17)14(11)18/h6,8-9,13,17-18H,1-5,7,10H2. The fourth-order valence-electron chi connectivity index (χ4n) is 1.92. The second-order valence-corrected chi connectivity index (χ2v) is 9.87. The van der Waals surface area contributed by atoms with Crippen LogP contribution in [0.2, 0.25) is 0 Å². The lowest BCUT2D eigenvalue weighted by atomic mass is 10.0. The smallest absolute Gasteiger partial charge is 0.160 e. The van der Waals surface area contributed by atoms with Crippen molar-refractivity contribution >= 4 is 45.2 Å². The van der Waals surface area contributed by atoms with Gasteiger partial charge in [0.25, 0.3) is 0 Å². The van der Waals surface area contributed by atoms with Crippen LogP contribution in [0.5, 0.6) is 11.5 Å². The molecule has 0 fully saturated rings. The van der Waals surface area contributed by atoms with Crippen molar-refractivity contribution in [3.05, 3.63) is 23.8 Å². The van der Waals surface area contributed by atoms with Gasteiger partial charge < -0.3 is 10.2 Å². The number of alkyl halides is 2. The minimum absolute atomic E-state index is 0.0115. The molecule has 0 amide bonds. The third kappa shape index (κ3) is 6.45. The van der Waals surface area contributed by atoms with E-state index in [4.69, 9.17) is 0 Å². The SMILES string of the molecule is Oc1cccc(CCCCCCCC(I)I)c1O. The van der Waals surface area contributed by atoms with Gasteiger partial charge >= 0.3 is 0 Å². The van der Waals surface area contributed by atoms with Crippen LogP contribution >= 0.6 is 45.2 Å². The summed E-state index contributed by atoms with van der Waals surface area (Å²) in [5.74, 6) is 0.0396. The summed E-state index contributed by atoms with van der Waals surface area (Å²) in [6.07, 6.45) is 8.30. The molecule has 0 saturated heterocycles. The molecule has 0 unspecified atom stereocenters. The summed E-state index contributed by atoms with van der Waals surface area (Å²) in [5, 5.41) is 19.0. The summed E-state index contributed by atoms with van der Waals surface area (Å²) in [7, 11) is 0. The van der Waals surface area contributed by atoms with Crippen molar-refractivity contribution in [1.82, 2.24) is 0 Å². The molecular weight excluding hydrogens is 454 g/mol. The van der Waals surface area contributed by atoms with E-state index in [2.05, 4.69) is 45.2 Å². The molecule has 0 aliphatic heterocycles. The lowest BCUT2D eigenvalue weighted by Gasteiger charge is -2.06. The van der Waals surface area contributed by atoms with E-state index in [1.165, 1.54) is 38.2 Å². The van der Waals surface area contributed by atoms with Crippen LogP contribution in [0.3, 0.4) is 0 Å². The largest absolute Gasteiger partial charge is 0.504 e. The molecule has 0 radical (unpaired) electrons. The van der Waals surface area contributed by atoms with Crippen LogP contribution in [0, 0.1) is 0 Å². The van der Waals surface area contributed by atoms with Gasteiger partial charge in [0.2, 0.25) is 0 Å². The fourth-order valence-corrected chi connectivity index (χ4v) is 2.80. The Morgan fingerprint density at radius 2 is 1.61 bits per heavy atom. The minimum Gasteiger partial charge on any atom is -0.504 e. The average molecular weight is 474 g/mol. The van der Waals surface area contributed by atoms with E-state index in [0.29, 0.717) is 0 Å². The molecule has 4 heteroatoms. The van der Waals surface area contributed by atoms with Crippen LogP contribution in [-0.2, 0) is 6.42 Å².